The van der Waals surface area contributed by atoms with Crippen molar-refractivity contribution in [2.75, 3.05) is 11.9 Å². The maximum atomic E-state index is 12.4. The zero-order valence-electron chi connectivity index (χ0n) is 14.3. The molecule has 0 aliphatic heterocycles. The molecule has 24 heavy (non-hydrogen) atoms. The highest BCUT2D eigenvalue weighted by molar-refractivity contribution is 6.05. The van der Waals surface area contributed by atoms with Crippen LogP contribution in [0.15, 0.2) is 47.1 Å². The Kier molecular flexibility index (Phi) is 5.28. The molecular formula is C18H22N2O4. The van der Waals surface area contributed by atoms with Crippen molar-refractivity contribution >= 4 is 17.7 Å². The van der Waals surface area contributed by atoms with E-state index in [2.05, 4.69) is 5.32 Å². The van der Waals surface area contributed by atoms with Crippen molar-refractivity contribution in [1.82, 2.24) is 5.32 Å². The lowest BCUT2D eigenvalue weighted by molar-refractivity contribution is 0.0519. The molecule has 6 nitrogen and oxygen atoms in total. The monoisotopic (exact) mass is 330 g/mol. The molecule has 0 atom stereocenters. The Morgan fingerprint density at radius 1 is 1.21 bits per heavy atom. The highest BCUT2D eigenvalue weighted by Gasteiger charge is 2.18. The third kappa shape index (κ3) is 4.87. The van der Waals surface area contributed by atoms with E-state index >= 15 is 0 Å². The summed E-state index contributed by atoms with van der Waals surface area (Å²) in [4.78, 5) is 25.6. The van der Waals surface area contributed by atoms with E-state index in [4.69, 9.17) is 9.15 Å². The Morgan fingerprint density at radius 3 is 2.50 bits per heavy atom. The molecule has 0 radical (unpaired) electrons. The minimum absolute atomic E-state index is 0.150. The van der Waals surface area contributed by atoms with Crippen molar-refractivity contribution in [3.8, 4) is 0 Å². The van der Waals surface area contributed by atoms with E-state index in [1.54, 1.807) is 33.9 Å². The molecule has 1 heterocycles. The van der Waals surface area contributed by atoms with Gasteiger partial charge in [-0.15, -0.1) is 0 Å². The van der Waals surface area contributed by atoms with Crippen LogP contribution >= 0.6 is 0 Å². The van der Waals surface area contributed by atoms with E-state index < -0.39 is 11.7 Å². The first-order chi connectivity index (χ1) is 11.3. The molecule has 0 unspecified atom stereocenters. The first-order valence-corrected chi connectivity index (χ1v) is 7.63. The van der Waals surface area contributed by atoms with Crippen LogP contribution in [0, 0.1) is 0 Å². The van der Waals surface area contributed by atoms with Crippen molar-refractivity contribution < 1.29 is 18.7 Å². The highest BCUT2D eigenvalue weighted by atomic mass is 16.6. The van der Waals surface area contributed by atoms with Gasteiger partial charge in [-0.25, -0.2) is 4.79 Å². The van der Waals surface area contributed by atoms with E-state index in [9.17, 15) is 9.59 Å². The second kappa shape index (κ2) is 7.21. The summed E-state index contributed by atoms with van der Waals surface area (Å²) in [6, 6.07) is 10.9. The van der Waals surface area contributed by atoms with Crippen LogP contribution < -0.4 is 10.2 Å². The Bertz CT molecular complexity index is 701. The van der Waals surface area contributed by atoms with Gasteiger partial charge in [-0.3, -0.25) is 4.79 Å². The molecular weight excluding hydrogens is 308 g/mol. The molecule has 0 fully saturated rings. The van der Waals surface area contributed by atoms with Gasteiger partial charge in [-0.1, -0.05) is 18.2 Å². The second-order valence-electron chi connectivity index (χ2n) is 6.36. The van der Waals surface area contributed by atoms with Gasteiger partial charge in [-0.05, 0) is 39.0 Å². The van der Waals surface area contributed by atoms with Gasteiger partial charge < -0.3 is 19.4 Å². The molecule has 6 heteroatoms. The van der Waals surface area contributed by atoms with E-state index in [0.717, 1.165) is 5.69 Å². The number of furan rings is 1. The van der Waals surface area contributed by atoms with E-state index in [1.807, 2.05) is 30.3 Å². The molecule has 1 aromatic carbocycles. The van der Waals surface area contributed by atoms with Crippen LogP contribution in [0.2, 0.25) is 0 Å². The quantitative estimate of drug-likeness (QED) is 0.930. The number of carbonyl (C=O) groups excluding carboxylic acids is 2. The predicted octanol–water partition coefficient (Wildman–Crippen LogP) is 3.58. The zero-order chi connectivity index (χ0) is 17.7. The number of hydrogen-bond acceptors (Lipinski definition) is 4. The molecule has 1 N–H and O–H groups in total. The lowest BCUT2D eigenvalue weighted by atomic mass is 10.2. The van der Waals surface area contributed by atoms with Gasteiger partial charge in [0, 0.05) is 12.7 Å². The van der Waals surface area contributed by atoms with Crippen LogP contribution in [0.25, 0.3) is 0 Å². The largest absolute Gasteiger partial charge is 0.467 e. The molecule has 0 spiro atoms. The third-order valence-electron chi connectivity index (χ3n) is 3.15. The van der Waals surface area contributed by atoms with Crippen molar-refractivity contribution in [1.29, 1.82) is 0 Å². The number of anilines is 1. The Morgan fingerprint density at radius 2 is 1.88 bits per heavy atom. The number of nitrogens with one attached hydrogen (secondary N) is 1. The second-order valence-corrected chi connectivity index (χ2v) is 6.36. The average molecular weight is 330 g/mol. The molecule has 2 amide bonds. The summed E-state index contributed by atoms with van der Waals surface area (Å²) in [7, 11) is 1.70. The summed E-state index contributed by atoms with van der Waals surface area (Å²) in [5.41, 5.74) is 0.645. The number of rotatable bonds is 4. The molecule has 0 saturated heterocycles. The maximum Gasteiger partial charge on any atom is 0.408 e. The molecule has 2 aromatic rings. The van der Waals surface area contributed by atoms with Crippen LogP contribution in [0.3, 0.4) is 0 Å². The lowest BCUT2D eigenvalue weighted by Crippen LogP contribution is -2.32. The van der Waals surface area contributed by atoms with Gasteiger partial charge in [0.2, 0.25) is 0 Å². The van der Waals surface area contributed by atoms with Crippen LogP contribution in [-0.4, -0.2) is 24.6 Å². The predicted molar refractivity (Wildman–Crippen MR) is 91.0 cm³/mol. The van der Waals surface area contributed by atoms with Crippen molar-refractivity contribution in [3.63, 3.8) is 0 Å². The number of hydrogen-bond donors (Lipinski definition) is 1. The van der Waals surface area contributed by atoms with Gasteiger partial charge in [0.15, 0.2) is 0 Å². The molecule has 2 rings (SSSR count). The summed E-state index contributed by atoms with van der Waals surface area (Å²) in [6.07, 6.45) is 0.849. The van der Waals surface area contributed by atoms with Crippen LogP contribution in [0.4, 0.5) is 10.5 Å². The molecule has 0 bridgehead atoms. The number of alkyl carbamates (subject to hydrolysis) is 1. The van der Waals surface area contributed by atoms with E-state index in [0.29, 0.717) is 11.3 Å². The van der Waals surface area contributed by atoms with Crippen LogP contribution in [-0.2, 0) is 11.3 Å². The van der Waals surface area contributed by atoms with Crippen molar-refractivity contribution in [2.24, 2.45) is 0 Å². The lowest BCUT2D eigenvalue weighted by Gasteiger charge is -2.19. The first-order valence-electron chi connectivity index (χ1n) is 7.63. The van der Waals surface area contributed by atoms with Gasteiger partial charge in [0.25, 0.3) is 5.91 Å². The molecule has 0 aliphatic carbocycles. The van der Waals surface area contributed by atoms with Gasteiger partial charge in [-0.2, -0.15) is 0 Å². The molecule has 0 aliphatic rings. The molecule has 128 valence electrons. The number of carbonyl (C=O) groups is 2. The fourth-order valence-electron chi connectivity index (χ4n) is 2.02. The summed E-state index contributed by atoms with van der Waals surface area (Å²) in [5, 5.41) is 2.59. The average Bonchev–Trinajstić information content (AvgIpc) is 2.99. The van der Waals surface area contributed by atoms with Crippen LogP contribution in [0.1, 0.15) is 36.9 Å². The number of amides is 2. The minimum atomic E-state index is -0.563. The fraction of sp³-hybridized carbons (Fsp3) is 0.333. The summed E-state index contributed by atoms with van der Waals surface area (Å²) >= 11 is 0. The Labute approximate surface area is 141 Å². The first kappa shape index (κ1) is 17.6. The van der Waals surface area contributed by atoms with Gasteiger partial charge in [0.05, 0.1) is 12.1 Å². The molecule has 1 aromatic heterocycles. The molecule has 0 saturated carbocycles. The van der Waals surface area contributed by atoms with E-state index in [-0.39, 0.29) is 12.5 Å². The third-order valence-corrected chi connectivity index (χ3v) is 3.15. The number of para-hydroxylation sites is 1. The maximum absolute atomic E-state index is 12.4. The minimum Gasteiger partial charge on any atom is -0.467 e. The van der Waals surface area contributed by atoms with Crippen molar-refractivity contribution in [2.45, 2.75) is 32.9 Å². The fourth-order valence-corrected chi connectivity index (χ4v) is 2.02. The number of nitrogens with zero attached hydrogens (tertiary/aromatic N) is 1. The summed E-state index contributed by atoms with van der Waals surface area (Å²) in [5.74, 6) is 0.291. The zero-order valence-corrected chi connectivity index (χ0v) is 14.3. The number of ether oxygens (including phenoxy) is 1. The Balaban J connectivity index is 1.95. The topological polar surface area (TPSA) is 71.8 Å². The van der Waals surface area contributed by atoms with Crippen LogP contribution in [0.5, 0.6) is 0 Å². The normalized spacial score (nSPS) is 11.0. The smallest absolute Gasteiger partial charge is 0.408 e. The van der Waals surface area contributed by atoms with Gasteiger partial charge >= 0.3 is 6.09 Å². The highest BCUT2D eigenvalue weighted by Crippen LogP contribution is 2.16. The summed E-state index contributed by atoms with van der Waals surface area (Å²) < 4.78 is 10.5. The van der Waals surface area contributed by atoms with Crippen molar-refractivity contribution in [3.05, 3.63) is 54.0 Å². The van der Waals surface area contributed by atoms with Gasteiger partial charge in [0.1, 0.15) is 17.6 Å². The summed E-state index contributed by atoms with van der Waals surface area (Å²) in [6.45, 7) is 5.51. The Hall–Kier alpha value is -2.76. The number of benzene rings is 1. The van der Waals surface area contributed by atoms with E-state index in [1.165, 1.54) is 11.2 Å². The standard InChI is InChI=1S/C18H22N2O4/c1-18(2,3)24-17(22)19-11-15-10-13(12-23-15)16(21)20(4)14-8-6-5-7-9-14/h5-10,12H,11H2,1-4H3,(H,19,22). The SMILES string of the molecule is CN(C(=O)c1coc(CNC(=O)OC(C)(C)C)c1)c1ccccc1.